The van der Waals surface area contributed by atoms with Gasteiger partial charge in [-0.05, 0) is 55.3 Å². The SMILES string of the molecule is CCOC(=O)c1c(-c2ccc(OC)cc2)csc1NC(=O)CCCOc1ccc(Cl)cc1. The second-order valence-electron chi connectivity index (χ2n) is 6.76. The average molecular weight is 474 g/mol. The Morgan fingerprint density at radius 2 is 1.72 bits per heavy atom. The van der Waals surface area contributed by atoms with Crippen molar-refractivity contribution in [1.82, 2.24) is 0 Å². The number of carbonyl (C=O) groups is 2. The van der Waals surface area contributed by atoms with Crippen molar-refractivity contribution in [2.75, 3.05) is 25.6 Å². The first-order valence-corrected chi connectivity index (χ1v) is 11.4. The number of anilines is 1. The molecule has 8 heteroatoms. The molecule has 0 aliphatic rings. The lowest BCUT2D eigenvalue weighted by molar-refractivity contribution is -0.116. The summed E-state index contributed by atoms with van der Waals surface area (Å²) in [5, 5.41) is 5.80. The van der Waals surface area contributed by atoms with Crippen molar-refractivity contribution < 1.29 is 23.8 Å². The maximum atomic E-state index is 12.6. The van der Waals surface area contributed by atoms with Gasteiger partial charge < -0.3 is 19.5 Å². The maximum absolute atomic E-state index is 12.6. The smallest absolute Gasteiger partial charge is 0.341 e. The summed E-state index contributed by atoms with van der Waals surface area (Å²) in [6, 6.07) is 14.4. The zero-order chi connectivity index (χ0) is 22.9. The highest BCUT2D eigenvalue weighted by atomic mass is 35.5. The number of nitrogens with one attached hydrogen (secondary N) is 1. The summed E-state index contributed by atoms with van der Waals surface area (Å²) in [6.45, 7) is 2.38. The van der Waals surface area contributed by atoms with E-state index in [4.69, 9.17) is 25.8 Å². The van der Waals surface area contributed by atoms with Gasteiger partial charge in [-0.15, -0.1) is 11.3 Å². The summed E-state index contributed by atoms with van der Waals surface area (Å²) in [4.78, 5) is 25.1. The van der Waals surface area contributed by atoms with E-state index in [0.29, 0.717) is 39.9 Å². The van der Waals surface area contributed by atoms with Crippen molar-refractivity contribution in [2.24, 2.45) is 0 Å². The maximum Gasteiger partial charge on any atom is 0.341 e. The van der Waals surface area contributed by atoms with E-state index in [1.165, 1.54) is 11.3 Å². The van der Waals surface area contributed by atoms with Gasteiger partial charge in [-0.2, -0.15) is 0 Å². The van der Waals surface area contributed by atoms with Crippen LogP contribution in [0.2, 0.25) is 5.02 Å². The minimum absolute atomic E-state index is 0.196. The highest BCUT2D eigenvalue weighted by Crippen LogP contribution is 2.37. The van der Waals surface area contributed by atoms with Crippen molar-refractivity contribution in [1.29, 1.82) is 0 Å². The normalized spacial score (nSPS) is 10.5. The highest BCUT2D eigenvalue weighted by Gasteiger charge is 2.22. The fourth-order valence-corrected chi connectivity index (χ4v) is 4.08. The lowest BCUT2D eigenvalue weighted by Crippen LogP contribution is -2.15. The number of methoxy groups -OCH3 is 1. The number of amides is 1. The molecule has 1 aromatic heterocycles. The molecular weight excluding hydrogens is 450 g/mol. The molecule has 0 atom stereocenters. The molecule has 0 aliphatic carbocycles. The molecule has 2 aromatic carbocycles. The number of thiophene rings is 1. The van der Waals surface area contributed by atoms with E-state index in [0.717, 1.165) is 11.3 Å². The van der Waals surface area contributed by atoms with Crippen molar-refractivity contribution in [2.45, 2.75) is 19.8 Å². The number of ether oxygens (including phenoxy) is 3. The fourth-order valence-electron chi connectivity index (χ4n) is 2.98. The number of benzene rings is 2. The van der Waals surface area contributed by atoms with E-state index in [-0.39, 0.29) is 18.9 Å². The third-order valence-corrected chi connectivity index (χ3v) is 5.70. The third kappa shape index (κ3) is 6.24. The summed E-state index contributed by atoms with van der Waals surface area (Å²) < 4.78 is 16.0. The summed E-state index contributed by atoms with van der Waals surface area (Å²) in [6.07, 6.45) is 0.783. The molecule has 0 saturated heterocycles. The van der Waals surface area contributed by atoms with Gasteiger partial charge in [-0.1, -0.05) is 23.7 Å². The Bertz CT molecular complexity index is 1050. The van der Waals surface area contributed by atoms with Gasteiger partial charge in [0.2, 0.25) is 5.91 Å². The van der Waals surface area contributed by atoms with E-state index in [1.54, 1.807) is 38.3 Å². The molecule has 1 heterocycles. The summed E-state index contributed by atoms with van der Waals surface area (Å²) in [7, 11) is 1.60. The van der Waals surface area contributed by atoms with E-state index >= 15 is 0 Å². The molecule has 0 aliphatic heterocycles. The second kappa shape index (κ2) is 11.5. The number of halogens is 1. The van der Waals surface area contributed by atoms with Gasteiger partial charge in [0.05, 0.1) is 20.3 Å². The highest BCUT2D eigenvalue weighted by molar-refractivity contribution is 7.15. The standard InChI is InChI=1S/C24H24ClNO5S/c1-3-30-24(28)22-20(16-6-10-18(29-2)11-7-16)15-32-23(22)26-21(27)5-4-14-31-19-12-8-17(25)9-13-19/h6-13,15H,3-5,14H2,1-2H3,(H,26,27). The van der Waals surface area contributed by atoms with Crippen LogP contribution in [0.3, 0.4) is 0 Å². The number of carbonyl (C=O) groups excluding carboxylic acids is 2. The molecule has 6 nitrogen and oxygen atoms in total. The molecule has 1 N–H and O–H groups in total. The van der Waals surface area contributed by atoms with Crippen molar-refractivity contribution in [3.8, 4) is 22.6 Å². The first-order valence-electron chi connectivity index (χ1n) is 10.1. The van der Waals surface area contributed by atoms with Gasteiger partial charge in [0.1, 0.15) is 22.1 Å². The van der Waals surface area contributed by atoms with E-state index in [9.17, 15) is 9.59 Å². The van der Waals surface area contributed by atoms with Gasteiger partial charge in [0.15, 0.2) is 0 Å². The van der Waals surface area contributed by atoms with Crippen molar-refractivity contribution in [3.05, 3.63) is 64.5 Å². The number of esters is 1. The van der Waals surface area contributed by atoms with Crippen molar-refractivity contribution in [3.63, 3.8) is 0 Å². The quantitative estimate of drug-likeness (QED) is 0.286. The second-order valence-corrected chi connectivity index (χ2v) is 8.07. The molecule has 1 amide bonds. The largest absolute Gasteiger partial charge is 0.497 e. The van der Waals surface area contributed by atoms with Crippen LogP contribution in [0.1, 0.15) is 30.1 Å². The molecule has 0 fully saturated rings. The minimum Gasteiger partial charge on any atom is -0.497 e. The van der Waals surface area contributed by atoms with Gasteiger partial charge in [-0.25, -0.2) is 4.79 Å². The van der Waals surface area contributed by atoms with Gasteiger partial charge in [-0.3, -0.25) is 4.79 Å². The van der Waals surface area contributed by atoms with Gasteiger partial charge in [0.25, 0.3) is 0 Å². The minimum atomic E-state index is -0.471. The monoisotopic (exact) mass is 473 g/mol. The Labute approximate surface area is 196 Å². The summed E-state index contributed by atoms with van der Waals surface area (Å²) >= 11 is 7.15. The Morgan fingerprint density at radius 1 is 1.03 bits per heavy atom. The summed E-state index contributed by atoms with van der Waals surface area (Å²) in [5.74, 6) is 0.747. The zero-order valence-electron chi connectivity index (χ0n) is 17.9. The summed E-state index contributed by atoms with van der Waals surface area (Å²) in [5.41, 5.74) is 1.90. The Morgan fingerprint density at radius 3 is 2.38 bits per heavy atom. The first kappa shape index (κ1) is 23.6. The Kier molecular flexibility index (Phi) is 8.53. The van der Waals surface area contributed by atoms with Gasteiger partial charge in [0, 0.05) is 22.4 Å². The van der Waals surface area contributed by atoms with Crippen LogP contribution >= 0.6 is 22.9 Å². The average Bonchev–Trinajstić information content (AvgIpc) is 3.21. The third-order valence-electron chi connectivity index (χ3n) is 4.56. The molecule has 3 rings (SSSR count). The lowest BCUT2D eigenvalue weighted by Gasteiger charge is -2.10. The van der Waals surface area contributed by atoms with Crippen LogP contribution in [0.15, 0.2) is 53.9 Å². The Hall–Kier alpha value is -3.03. The molecule has 168 valence electrons. The zero-order valence-corrected chi connectivity index (χ0v) is 19.4. The van der Waals surface area contributed by atoms with Crippen LogP contribution in [-0.2, 0) is 9.53 Å². The van der Waals surface area contributed by atoms with Crippen LogP contribution in [0.25, 0.3) is 11.1 Å². The Balaban J connectivity index is 1.65. The van der Waals surface area contributed by atoms with Crippen LogP contribution in [-0.4, -0.2) is 32.2 Å². The molecule has 0 saturated carbocycles. The number of hydrogen-bond acceptors (Lipinski definition) is 6. The van der Waals surface area contributed by atoms with E-state index < -0.39 is 5.97 Å². The van der Waals surface area contributed by atoms with E-state index in [1.807, 2.05) is 29.6 Å². The predicted molar refractivity (Wildman–Crippen MR) is 127 cm³/mol. The fraction of sp³-hybridized carbons (Fsp3) is 0.250. The molecule has 0 unspecified atom stereocenters. The first-order chi connectivity index (χ1) is 15.5. The van der Waals surface area contributed by atoms with Crippen LogP contribution in [0.5, 0.6) is 11.5 Å². The van der Waals surface area contributed by atoms with Crippen molar-refractivity contribution >= 4 is 39.8 Å². The number of hydrogen-bond donors (Lipinski definition) is 1. The predicted octanol–water partition coefficient (Wildman–Crippen LogP) is 6.05. The molecular formula is C24H24ClNO5S. The van der Waals surface area contributed by atoms with Gasteiger partial charge >= 0.3 is 5.97 Å². The van der Waals surface area contributed by atoms with Crippen LogP contribution < -0.4 is 14.8 Å². The van der Waals surface area contributed by atoms with Crippen LogP contribution in [0.4, 0.5) is 5.00 Å². The van der Waals surface area contributed by atoms with Crippen LogP contribution in [0, 0.1) is 0 Å². The molecule has 32 heavy (non-hydrogen) atoms. The molecule has 0 bridgehead atoms. The number of rotatable bonds is 10. The molecule has 0 radical (unpaired) electrons. The van der Waals surface area contributed by atoms with E-state index in [2.05, 4.69) is 5.32 Å². The molecule has 0 spiro atoms. The topological polar surface area (TPSA) is 73.9 Å². The molecule has 3 aromatic rings. The lowest BCUT2D eigenvalue weighted by atomic mass is 10.0.